The summed E-state index contributed by atoms with van der Waals surface area (Å²) in [4.78, 5) is 20.4. The average Bonchev–Trinajstić information content (AvgIpc) is 2.59. The molecule has 0 saturated heterocycles. The van der Waals surface area contributed by atoms with Crippen LogP contribution in [0.3, 0.4) is 0 Å². The molecule has 3 aromatic rings. The Bertz CT molecular complexity index is 1040. The first kappa shape index (κ1) is 15.4. The van der Waals surface area contributed by atoms with Crippen molar-refractivity contribution in [3.63, 3.8) is 0 Å². The third-order valence-corrected chi connectivity index (χ3v) is 4.67. The topological polar surface area (TPSA) is 90.1 Å². The van der Waals surface area contributed by atoms with Crippen molar-refractivity contribution in [1.82, 2.24) is 9.97 Å². The van der Waals surface area contributed by atoms with Gasteiger partial charge in [-0.2, -0.15) is 0 Å². The Kier molecular flexibility index (Phi) is 3.35. The number of pyridine rings is 2. The minimum Gasteiger partial charge on any atom is -0.466 e. The highest BCUT2D eigenvalue weighted by Gasteiger charge is 2.22. The van der Waals surface area contributed by atoms with Gasteiger partial charge < -0.3 is 15.8 Å². The number of nitrogens with two attached hydrogens (primary N) is 1. The minimum atomic E-state index is -0.175. The second-order valence-corrected chi connectivity index (χ2v) is 6.32. The summed E-state index contributed by atoms with van der Waals surface area (Å²) in [7, 11) is 0. The van der Waals surface area contributed by atoms with Gasteiger partial charge in [0.25, 0.3) is 5.91 Å². The maximum Gasteiger partial charge on any atom is 0.262 e. The standard InChI is InChI=1S/C19H18N4O2/c1-9-4-12-5-13(10(2)17(20)15(12)7-21-9)14-6-22-19-18(11(14)3)23-16(24)8-25-19/h4-7H,8,20H2,1-3H3,(H,23,24). The van der Waals surface area contributed by atoms with Crippen LogP contribution >= 0.6 is 0 Å². The molecular formula is C19H18N4O2. The molecule has 3 N–H and O–H groups in total. The number of aromatic nitrogens is 2. The number of aryl methyl sites for hydroxylation is 1. The molecular weight excluding hydrogens is 316 g/mol. The van der Waals surface area contributed by atoms with E-state index in [0.29, 0.717) is 17.3 Å². The van der Waals surface area contributed by atoms with Crippen LogP contribution in [0.1, 0.15) is 16.8 Å². The molecule has 0 bridgehead atoms. The Morgan fingerprint density at radius 1 is 1.08 bits per heavy atom. The number of fused-ring (bicyclic) bond motifs is 2. The zero-order valence-electron chi connectivity index (χ0n) is 14.3. The van der Waals surface area contributed by atoms with Gasteiger partial charge in [0.05, 0.1) is 0 Å². The molecule has 0 saturated carbocycles. The van der Waals surface area contributed by atoms with E-state index < -0.39 is 0 Å². The van der Waals surface area contributed by atoms with Gasteiger partial charge in [-0.1, -0.05) is 0 Å². The molecule has 6 nitrogen and oxygen atoms in total. The second-order valence-electron chi connectivity index (χ2n) is 6.32. The summed E-state index contributed by atoms with van der Waals surface area (Å²) in [5, 5.41) is 4.82. The lowest BCUT2D eigenvalue weighted by Gasteiger charge is -2.21. The van der Waals surface area contributed by atoms with E-state index in [9.17, 15) is 4.79 Å². The number of carbonyl (C=O) groups excluding carboxylic acids is 1. The number of benzene rings is 1. The van der Waals surface area contributed by atoms with E-state index in [0.717, 1.165) is 38.7 Å². The van der Waals surface area contributed by atoms with E-state index >= 15 is 0 Å². The Balaban J connectivity index is 1.97. The molecule has 1 aliphatic rings. The zero-order valence-corrected chi connectivity index (χ0v) is 14.3. The molecule has 25 heavy (non-hydrogen) atoms. The van der Waals surface area contributed by atoms with E-state index in [-0.39, 0.29) is 12.5 Å². The van der Waals surface area contributed by atoms with Gasteiger partial charge in [-0.05, 0) is 55.0 Å². The Morgan fingerprint density at radius 2 is 1.88 bits per heavy atom. The first-order valence-corrected chi connectivity index (χ1v) is 8.03. The van der Waals surface area contributed by atoms with E-state index in [2.05, 4.69) is 21.4 Å². The summed E-state index contributed by atoms with van der Waals surface area (Å²) >= 11 is 0. The molecule has 0 fully saturated rings. The van der Waals surface area contributed by atoms with Crippen molar-refractivity contribution >= 4 is 28.1 Å². The van der Waals surface area contributed by atoms with Gasteiger partial charge in [0.2, 0.25) is 5.88 Å². The molecule has 0 spiro atoms. The van der Waals surface area contributed by atoms with Crippen LogP contribution in [0.25, 0.3) is 21.9 Å². The van der Waals surface area contributed by atoms with E-state index in [1.807, 2.05) is 33.0 Å². The summed E-state index contributed by atoms with van der Waals surface area (Å²) in [5.74, 6) is 0.276. The summed E-state index contributed by atoms with van der Waals surface area (Å²) in [6.45, 7) is 5.88. The van der Waals surface area contributed by atoms with Crippen molar-refractivity contribution in [2.24, 2.45) is 0 Å². The molecule has 0 aliphatic carbocycles. The summed E-state index contributed by atoms with van der Waals surface area (Å²) < 4.78 is 5.39. The average molecular weight is 334 g/mol. The van der Waals surface area contributed by atoms with Gasteiger partial charge in [0.15, 0.2) is 6.61 Å². The molecule has 0 radical (unpaired) electrons. The van der Waals surface area contributed by atoms with E-state index in [1.165, 1.54) is 0 Å². The fourth-order valence-corrected chi connectivity index (χ4v) is 3.23. The van der Waals surface area contributed by atoms with Crippen molar-refractivity contribution in [3.8, 4) is 17.0 Å². The molecule has 0 unspecified atom stereocenters. The van der Waals surface area contributed by atoms with Gasteiger partial charge in [-0.15, -0.1) is 0 Å². The quantitative estimate of drug-likeness (QED) is 0.667. The zero-order chi connectivity index (χ0) is 17.7. The second kappa shape index (κ2) is 5.44. The predicted octanol–water partition coefficient (Wildman–Crippen LogP) is 3.14. The third kappa shape index (κ3) is 2.38. The molecule has 126 valence electrons. The maximum atomic E-state index is 11.7. The first-order chi connectivity index (χ1) is 12.0. The lowest BCUT2D eigenvalue weighted by molar-refractivity contribution is -0.118. The van der Waals surface area contributed by atoms with Gasteiger partial charge >= 0.3 is 0 Å². The molecule has 1 amide bonds. The predicted molar refractivity (Wildman–Crippen MR) is 97.7 cm³/mol. The fourth-order valence-electron chi connectivity index (χ4n) is 3.23. The molecule has 3 heterocycles. The number of carbonyl (C=O) groups is 1. The molecule has 2 aromatic heterocycles. The lowest BCUT2D eigenvalue weighted by atomic mass is 9.93. The number of nitrogens with one attached hydrogen (secondary N) is 1. The molecule has 1 aliphatic heterocycles. The normalized spacial score (nSPS) is 13.3. The molecule has 4 rings (SSSR count). The van der Waals surface area contributed by atoms with Crippen molar-refractivity contribution in [3.05, 3.63) is 41.3 Å². The SMILES string of the molecule is Cc1cc2cc(-c3cnc4c(c3C)NC(=O)CO4)c(C)c(N)c2cn1. The van der Waals surface area contributed by atoms with Crippen LogP contribution in [0.15, 0.2) is 24.5 Å². The van der Waals surface area contributed by atoms with Gasteiger partial charge in [0.1, 0.15) is 5.69 Å². The number of hydrogen-bond donors (Lipinski definition) is 2. The summed E-state index contributed by atoms with van der Waals surface area (Å²) in [6.07, 6.45) is 3.58. The van der Waals surface area contributed by atoms with Crippen molar-refractivity contribution in [1.29, 1.82) is 0 Å². The van der Waals surface area contributed by atoms with E-state index in [4.69, 9.17) is 10.5 Å². The van der Waals surface area contributed by atoms with E-state index in [1.54, 1.807) is 6.20 Å². The largest absolute Gasteiger partial charge is 0.466 e. The fraction of sp³-hybridized carbons (Fsp3) is 0.211. The van der Waals surface area contributed by atoms with Crippen LogP contribution < -0.4 is 15.8 Å². The van der Waals surface area contributed by atoms with Crippen LogP contribution in [-0.2, 0) is 4.79 Å². The highest BCUT2D eigenvalue weighted by atomic mass is 16.5. The number of rotatable bonds is 1. The number of ether oxygens (including phenoxy) is 1. The highest BCUT2D eigenvalue weighted by molar-refractivity contribution is 6.01. The monoisotopic (exact) mass is 334 g/mol. The van der Waals surface area contributed by atoms with Crippen molar-refractivity contribution in [2.75, 3.05) is 17.7 Å². The number of hydrogen-bond acceptors (Lipinski definition) is 5. The maximum absolute atomic E-state index is 11.7. The first-order valence-electron chi connectivity index (χ1n) is 8.03. The highest BCUT2D eigenvalue weighted by Crippen LogP contribution is 2.39. The molecule has 6 heteroatoms. The third-order valence-electron chi connectivity index (χ3n) is 4.67. The summed E-state index contributed by atoms with van der Waals surface area (Å²) in [6, 6.07) is 4.11. The minimum absolute atomic E-state index is 0.00693. The van der Waals surface area contributed by atoms with Crippen LogP contribution in [0.5, 0.6) is 5.88 Å². The number of nitrogens with zero attached hydrogens (tertiary/aromatic N) is 2. The molecule has 1 aromatic carbocycles. The summed E-state index contributed by atoms with van der Waals surface area (Å²) in [5.41, 5.74) is 12.4. The number of amides is 1. The Labute approximate surface area is 145 Å². The van der Waals surface area contributed by atoms with Crippen LogP contribution in [-0.4, -0.2) is 22.5 Å². The smallest absolute Gasteiger partial charge is 0.262 e. The van der Waals surface area contributed by atoms with Crippen molar-refractivity contribution < 1.29 is 9.53 Å². The van der Waals surface area contributed by atoms with Crippen LogP contribution in [0, 0.1) is 20.8 Å². The number of anilines is 2. The van der Waals surface area contributed by atoms with Gasteiger partial charge in [0, 0.05) is 34.7 Å². The van der Waals surface area contributed by atoms with Gasteiger partial charge in [-0.25, -0.2) is 4.98 Å². The number of nitrogen functional groups attached to an aromatic ring is 1. The molecule has 0 atom stereocenters. The van der Waals surface area contributed by atoms with Crippen LogP contribution in [0.4, 0.5) is 11.4 Å². The lowest BCUT2D eigenvalue weighted by Crippen LogP contribution is -2.26. The Morgan fingerprint density at radius 3 is 2.68 bits per heavy atom. The Hall–Kier alpha value is -3.15. The van der Waals surface area contributed by atoms with Crippen molar-refractivity contribution in [2.45, 2.75) is 20.8 Å². The van der Waals surface area contributed by atoms with Crippen LogP contribution in [0.2, 0.25) is 0 Å². The van der Waals surface area contributed by atoms with Gasteiger partial charge in [-0.3, -0.25) is 9.78 Å².